The molecule has 3 aromatic rings. The van der Waals surface area contributed by atoms with E-state index in [4.69, 9.17) is 16.0 Å². The molecule has 100 valence electrons. The van der Waals surface area contributed by atoms with Crippen molar-refractivity contribution >= 4 is 40.1 Å². The molecule has 2 aromatic carbocycles. The van der Waals surface area contributed by atoms with Crippen LogP contribution in [0.1, 0.15) is 10.4 Å². The normalized spacial score (nSPS) is 10.8. The van der Waals surface area contributed by atoms with E-state index in [0.29, 0.717) is 16.3 Å². The van der Waals surface area contributed by atoms with Crippen LogP contribution >= 0.6 is 23.4 Å². The summed E-state index contributed by atoms with van der Waals surface area (Å²) in [6, 6.07) is 15.0. The van der Waals surface area contributed by atoms with E-state index in [-0.39, 0.29) is 5.78 Å². The smallest absolute Gasteiger partial charge is 0.176 e. The molecular formula is C16H11ClO2S. The van der Waals surface area contributed by atoms with Gasteiger partial charge in [0.1, 0.15) is 11.8 Å². The third kappa shape index (κ3) is 2.60. The molecule has 0 unspecified atom stereocenters. The number of benzene rings is 2. The monoisotopic (exact) mass is 302 g/mol. The predicted octanol–water partition coefficient (Wildman–Crippen LogP) is 5.06. The molecule has 4 heteroatoms. The van der Waals surface area contributed by atoms with Crippen LogP contribution in [0, 0.1) is 0 Å². The largest absolute Gasteiger partial charge is 0.464 e. The van der Waals surface area contributed by atoms with E-state index in [1.165, 1.54) is 18.0 Å². The molecular weight excluding hydrogens is 292 g/mol. The van der Waals surface area contributed by atoms with Gasteiger partial charge in [-0.05, 0) is 18.2 Å². The van der Waals surface area contributed by atoms with Gasteiger partial charge < -0.3 is 4.42 Å². The molecule has 0 N–H and O–H groups in total. The third-order valence-electron chi connectivity index (χ3n) is 2.98. The van der Waals surface area contributed by atoms with Crippen LogP contribution in [0.15, 0.2) is 64.1 Å². The van der Waals surface area contributed by atoms with Gasteiger partial charge in [-0.1, -0.05) is 41.9 Å². The first-order valence-electron chi connectivity index (χ1n) is 6.12. The Balaban J connectivity index is 1.79. The summed E-state index contributed by atoms with van der Waals surface area (Å²) in [7, 11) is 0. The fraction of sp³-hybridized carbons (Fsp3) is 0.0625. The SMILES string of the molecule is O=C(CSc1ccccc1Cl)c1coc2ccccc12. The fourth-order valence-corrected chi connectivity index (χ4v) is 3.10. The molecule has 0 saturated heterocycles. The zero-order chi connectivity index (χ0) is 13.9. The van der Waals surface area contributed by atoms with Crippen molar-refractivity contribution in [3.05, 3.63) is 65.4 Å². The van der Waals surface area contributed by atoms with E-state index in [1.807, 2.05) is 48.5 Å². The summed E-state index contributed by atoms with van der Waals surface area (Å²) in [6.07, 6.45) is 1.53. The summed E-state index contributed by atoms with van der Waals surface area (Å²) in [6.45, 7) is 0. The number of ketones is 1. The Morgan fingerprint density at radius 1 is 1.10 bits per heavy atom. The lowest BCUT2D eigenvalue weighted by Crippen LogP contribution is -2.01. The molecule has 0 fully saturated rings. The Kier molecular flexibility index (Phi) is 3.81. The Bertz CT molecular complexity index is 764. The van der Waals surface area contributed by atoms with Gasteiger partial charge in [-0.3, -0.25) is 4.79 Å². The summed E-state index contributed by atoms with van der Waals surface area (Å²) in [5.74, 6) is 0.382. The van der Waals surface area contributed by atoms with Gasteiger partial charge in [0.2, 0.25) is 0 Å². The van der Waals surface area contributed by atoms with Crippen molar-refractivity contribution in [3.8, 4) is 0 Å². The Hall–Kier alpha value is -1.71. The second-order valence-electron chi connectivity index (χ2n) is 4.29. The molecule has 0 aliphatic heterocycles. The highest BCUT2D eigenvalue weighted by atomic mass is 35.5. The summed E-state index contributed by atoms with van der Waals surface area (Å²) in [4.78, 5) is 13.2. The topological polar surface area (TPSA) is 30.2 Å². The number of Topliss-reactive ketones (excluding diaryl/α,β-unsaturated/α-hetero) is 1. The van der Waals surface area contributed by atoms with Crippen molar-refractivity contribution in [2.45, 2.75) is 4.90 Å². The van der Waals surface area contributed by atoms with Crippen molar-refractivity contribution in [3.63, 3.8) is 0 Å². The van der Waals surface area contributed by atoms with Crippen molar-refractivity contribution < 1.29 is 9.21 Å². The zero-order valence-electron chi connectivity index (χ0n) is 10.5. The van der Waals surface area contributed by atoms with Crippen LogP contribution in [0.25, 0.3) is 11.0 Å². The molecule has 1 heterocycles. The van der Waals surface area contributed by atoms with Gasteiger partial charge in [0.15, 0.2) is 5.78 Å². The zero-order valence-corrected chi connectivity index (χ0v) is 12.1. The number of halogens is 1. The first-order chi connectivity index (χ1) is 9.75. The molecule has 0 radical (unpaired) electrons. The number of carbonyl (C=O) groups is 1. The van der Waals surface area contributed by atoms with Crippen molar-refractivity contribution in [1.29, 1.82) is 0 Å². The summed E-state index contributed by atoms with van der Waals surface area (Å²) < 4.78 is 5.39. The van der Waals surface area contributed by atoms with Gasteiger partial charge in [-0.15, -0.1) is 11.8 Å². The minimum absolute atomic E-state index is 0.0415. The maximum absolute atomic E-state index is 12.3. The molecule has 3 rings (SSSR count). The number of fused-ring (bicyclic) bond motifs is 1. The minimum Gasteiger partial charge on any atom is -0.464 e. The van der Waals surface area contributed by atoms with Gasteiger partial charge in [0, 0.05) is 10.3 Å². The van der Waals surface area contributed by atoms with Crippen molar-refractivity contribution in [1.82, 2.24) is 0 Å². The summed E-state index contributed by atoms with van der Waals surface area (Å²) >= 11 is 7.52. The standard InChI is InChI=1S/C16H11ClO2S/c17-13-6-2-4-8-16(13)20-10-14(18)12-9-19-15-7-3-1-5-11(12)15/h1-9H,10H2. The number of hydrogen-bond acceptors (Lipinski definition) is 3. The van der Waals surface area contributed by atoms with Crippen LogP contribution in [0.5, 0.6) is 0 Å². The lowest BCUT2D eigenvalue weighted by Gasteiger charge is -2.02. The van der Waals surface area contributed by atoms with Gasteiger partial charge in [-0.2, -0.15) is 0 Å². The molecule has 0 bridgehead atoms. The van der Waals surface area contributed by atoms with E-state index in [9.17, 15) is 4.79 Å². The summed E-state index contributed by atoms with van der Waals surface area (Å²) in [5.41, 5.74) is 1.36. The molecule has 0 atom stereocenters. The van der Waals surface area contributed by atoms with Gasteiger partial charge in [-0.25, -0.2) is 0 Å². The van der Waals surface area contributed by atoms with Crippen molar-refractivity contribution in [2.24, 2.45) is 0 Å². The van der Waals surface area contributed by atoms with Crippen molar-refractivity contribution in [2.75, 3.05) is 5.75 Å². The van der Waals surface area contributed by atoms with Crippen LogP contribution in [-0.2, 0) is 0 Å². The van der Waals surface area contributed by atoms with Gasteiger partial charge in [0.05, 0.1) is 16.3 Å². The number of furan rings is 1. The quantitative estimate of drug-likeness (QED) is 0.498. The van der Waals surface area contributed by atoms with Crippen LogP contribution in [0.3, 0.4) is 0 Å². The molecule has 0 aliphatic carbocycles. The molecule has 1 aromatic heterocycles. The highest BCUT2D eigenvalue weighted by molar-refractivity contribution is 8.00. The molecule has 2 nitrogen and oxygen atoms in total. The molecule has 0 saturated carbocycles. The maximum atomic E-state index is 12.3. The number of carbonyl (C=O) groups excluding carboxylic acids is 1. The number of para-hydroxylation sites is 1. The van der Waals surface area contributed by atoms with E-state index in [1.54, 1.807) is 0 Å². The van der Waals surface area contributed by atoms with Crippen LogP contribution in [0.2, 0.25) is 5.02 Å². The second-order valence-corrected chi connectivity index (χ2v) is 5.71. The van der Waals surface area contributed by atoms with Gasteiger partial charge in [0.25, 0.3) is 0 Å². The highest BCUT2D eigenvalue weighted by Crippen LogP contribution is 2.28. The third-order valence-corrected chi connectivity index (χ3v) is 4.49. The van der Waals surface area contributed by atoms with Crippen LogP contribution in [-0.4, -0.2) is 11.5 Å². The highest BCUT2D eigenvalue weighted by Gasteiger charge is 2.14. The maximum Gasteiger partial charge on any atom is 0.176 e. The van der Waals surface area contributed by atoms with E-state index < -0.39 is 0 Å². The summed E-state index contributed by atoms with van der Waals surface area (Å²) in [5, 5.41) is 1.53. The number of hydrogen-bond donors (Lipinski definition) is 0. The Morgan fingerprint density at radius 2 is 1.85 bits per heavy atom. The molecule has 0 aliphatic rings. The first-order valence-corrected chi connectivity index (χ1v) is 7.49. The van der Waals surface area contributed by atoms with E-state index in [2.05, 4.69) is 0 Å². The molecule has 0 amide bonds. The minimum atomic E-state index is 0.0415. The van der Waals surface area contributed by atoms with E-state index in [0.717, 1.165) is 15.9 Å². The average molecular weight is 303 g/mol. The first kappa shape index (κ1) is 13.3. The predicted molar refractivity (Wildman–Crippen MR) is 82.7 cm³/mol. The van der Waals surface area contributed by atoms with Gasteiger partial charge >= 0.3 is 0 Å². The second kappa shape index (κ2) is 5.73. The average Bonchev–Trinajstić information content (AvgIpc) is 2.90. The van der Waals surface area contributed by atoms with E-state index >= 15 is 0 Å². The molecule has 0 spiro atoms. The lowest BCUT2D eigenvalue weighted by atomic mass is 10.1. The molecule has 20 heavy (non-hydrogen) atoms. The fourth-order valence-electron chi connectivity index (χ4n) is 1.98. The number of thioether (sulfide) groups is 1. The Labute approximate surface area is 125 Å². The van der Waals surface area contributed by atoms with Crippen LogP contribution in [0.4, 0.5) is 0 Å². The number of rotatable bonds is 4. The lowest BCUT2D eigenvalue weighted by molar-refractivity contribution is 0.102. The van der Waals surface area contributed by atoms with Crippen LogP contribution < -0.4 is 0 Å². The Morgan fingerprint density at radius 3 is 2.70 bits per heavy atom.